The van der Waals surface area contributed by atoms with Crippen molar-refractivity contribution in [1.82, 2.24) is 4.57 Å². The summed E-state index contributed by atoms with van der Waals surface area (Å²) in [5.41, 5.74) is 2.58. The topological polar surface area (TPSA) is 66.8 Å². The monoisotopic (exact) mass is 351 g/mol. The van der Waals surface area contributed by atoms with Crippen LogP contribution in [0.25, 0.3) is 0 Å². The minimum absolute atomic E-state index is 0.0563. The number of carbonyl (C=O) groups is 2. The van der Waals surface area contributed by atoms with E-state index in [0.29, 0.717) is 12.2 Å². The molecule has 0 spiro atoms. The average Bonchev–Trinajstić information content (AvgIpc) is 3.21. The molecule has 6 heteroatoms. The summed E-state index contributed by atoms with van der Waals surface area (Å²) >= 11 is 0. The number of hydrogen-bond acceptors (Lipinski definition) is 5. The predicted octanol–water partition coefficient (Wildman–Crippen LogP) is 2.82. The van der Waals surface area contributed by atoms with Crippen molar-refractivity contribution in [2.24, 2.45) is 0 Å². The molecule has 1 aromatic heterocycles. The van der Waals surface area contributed by atoms with E-state index in [1.807, 2.05) is 19.9 Å². The second kappa shape index (κ2) is 9.15. The van der Waals surface area contributed by atoms with Crippen LogP contribution in [-0.2, 0) is 25.5 Å². The number of hydrogen-bond donors (Lipinski definition) is 0. The Kier molecular flexibility index (Phi) is 7.20. The number of esters is 1. The minimum atomic E-state index is -0.704. The van der Waals surface area contributed by atoms with Gasteiger partial charge in [0.15, 0.2) is 12.7 Å². The summed E-state index contributed by atoms with van der Waals surface area (Å²) in [7, 11) is 0. The Morgan fingerprint density at radius 3 is 2.80 bits per heavy atom. The smallest absolute Gasteiger partial charge is 0.335 e. The van der Waals surface area contributed by atoms with Gasteiger partial charge in [-0.05, 0) is 46.1 Å². The van der Waals surface area contributed by atoms with E-state index in [0.717, 1.165) is 43.8 Å². The molecular weight excluding hydrogens is 322 g/mol. The summed E-state index contributed by atoms with van der Waals surface area (Å²) in [5.74, 6) is -0.705. The number of Topliss-reactive ketones (excluding diaryl/α,β-unsaturated/α-hetero) is 1. The summed E-state index contributed by atoms with van der Waals surface area (Å²) in [5, 5.41) is 0. The van der Waals surface area contributed by atoms with Crippen LogP contribution in [0.5, 0.6) is 0 Å². The second-order valence-electron chi connectivity index (χ2n) is 6.58. The first kappa shape index (κ1) is 19.7. The highest BCUT2D eigenvalue weighted by Gasteiger charge is 2.22. The van der Waals surface area contributed by atoms with Crippen LogP contribution in [0.2, 0.25) is 0 Å². The van der Waals surface area contributed by atoms with Crippen molar-refractivity contribution in [1.29, 1.82) is 0 Å². The lowest BCUT2D eigenvalue weighted by molar-refractivity contribution is -0.156. The van der Waals surface area contributed by atoms with Gasteiger partial charge in [0.2, 0.25) is 5.78 Å². The van der Waals surface area contributed by atoms with Crippen LogP contribution >= 0.6 is 0 Å². The van der Waals surface area contributed by atoms with E-state index >= 15 is 0 Å². The van der Waals surface area contributed by atoms with Gasteiger partial charge < -0.3 is 18.8 Å². The van der Waals surface area contributed by atoms with Gasteiger partial charge >= 0.3 is 5.97 Å². The summed E-state index contributed by atoms with van der Waals surface area (Å²) < 4.78 is 18.2. The molecule has 140 valence electrons. The van der Waals surface area contributed by atoms with Crippen molar-refractivity contribution in [3.8, 4) is 0 Å². The summed E-state index contributed by atoms with van der Waals surface area (Å²) in [4.78, 5) is 24.4. The van der Waals surface area contributed by atoms with Crippen LogP contribution in [0.15, 0.2) is 6.07 Å². The Hall–Kier alpha value is -1.66. The maximum absolute atomic E-state index is 12.4. The molecule has 1 aliphatic heterocycles. The number of ether oxygens (including phenoxy) is 3. The number of carbonyl (C=O) groups excluding carboxylic acids is 2. The van der Waals surface area contributed by atoms with Gasteiger partial charge in [-0.2, -0.15) is 0 Å². The van der Waals surface area contributed by atoms with Gasteiger partial charge in [-0.15, -0.1) is 0 Å². The fourth-order valence-corrected chi connectivity index (χ4v) is 3.08. The first-order valence-electron chi connectivity index (χ1n) is 9.03. The van der Waals surface area contributed by atoms with Crippen molar-refractivity contribution in [3.63, 3.8) is 0 Å². The normalized spacial score (nSPS) is 18.3. The highest BCUT2D eigenvalue weighted by molar-refractivity contribution is 5.99. The molecular formula is C19H29NO5. The molecule has 2 rings (SSSR count). The molecule has 1 aliphatic rings. The molecule has 6 nitrogen and oxygen atoms in total. The maximum atomic E-state index is 12.4. The molecule has 0 bridgehead atoms. The Morgan fingerprint density at radius 1 is 1.40 bits per heavy atom. The molecule has 0 aliphatic carbocycles. The molecule has 2 heterocycles. The van der Waals surface area contributed by atoms with Gasteiger partial charge in [0, 0.05) is 30.1 Å². The van der Waals surface area contributed by atoms with Crippen LogP contribution in [0.4, 0.5) is 0 Å². The van der Waals surface area contributed by atoms with Crippen molar-refractivity contribution in [3.05, 3.63) is 23.0 Å². The fourth-order valence-electron chi connectivity index (χ4n) is 3.08. The van der Waals surface area contributed by atoms with Gasteiger partial charge in [-0.3, -0.25) is 4.79 Å². The summed E-state index contributed by atoms with van der Waals surface area (Å²) in [6.45, 7) is 9.37. The van der Waals surface area contributed by atoms with E-state index in [4.69, 9.17) is 14.2 Å². The Morgan fingerprint density at radius 2 is 2.16 bits per heavy atom. The average molecular weight is 351 g/mol. The van der Waals surface area contributed by atoms with Crippen LogP contribution in [-0.4, -0.2) is 48.3 Å². The van der Waals surface area contributed by atoms with E-state index < -0.39 is 12.1 Å². The third-order valence-electron chi connectivity index (χ3n) is 4.55. The number of ketones is 1. The van der Waals surface area contributed by atoms with Crippen LogP contribution in [0.1, 0.15) is 54.9 Å². The lowest BCUT2D eigenvalue weighted by Crippen LogP contribution is -2.29. The lowest BCUT2D eigenvalue weighted by atomic mass is 10.1. The molecule has 0 aromatic carbocycles. The van der Waals surface area contributed by atoms with Crippen molar-refractivity contribution in [2.75, 3.05) is 19.8 Å². The SMILES string of the molecule is CCCn1c(C)cc(C(=O)COC(=O)C(C)OCC2CCCO2)c1C. The molecule has 2 unspecified atom stereocenters. The fraction of sp³-hybridized carbons (Fsp3) is 0.684. The van der Waals surface area contributed by atoms with Crippen molar-refractivity contribution >= 4 is 11.8 Å². The maximum Gasteiger partial charge on any atom is 0.335 e. The highest BCUT2D eigenvalue weighted by Crippen LogP contribution is 2.17. The first-order valence-corrected chi connectivity index (χ1v) is 9.03. The number of aromatic nitrogens is 1. The van der Waals surface area contributed by atoms with E-state index in [9.17, 15) is 9.59 Å². The number of rotatable bonds is 9. The van der Waals surface area contributed by atoms with Crippen molar-refractivity contribution in [2.45, 2.75) is 65.7 Å². The van der Waals surface area contributed by atoms with Gasteiger partial charge in [-0.1, -0.05) is 6.92 Å². The molecule has 0 saturated carbocycles. The highest BCUT2D eigenvalue weighted by atomic mass is 16.6. The van der Waals surface area contributed by atoms with Gasteiger partial charge in [0.05, 0.1) is 12.7 Å². The molecule has 25 heavy (non-hydrogen) atoms. The van der Waals surface area contributed by atoms with Gasteiger partial charge in [0.1, 0.15) is 0 Å². The van der Waals surface area contributed by atoms with Crippen LogP contribution in [0.3, 0.4) is 0 Å². The van der Waals surface area contributed by atoms with Crippen molar-refractivity contribution < 1.29 is 23.8 Å². The quantitative estimate of drug-likeness (QED) is 0.505. The molecule has 1 fully saturated rings. The minimum Gasteiger partial charge on any atom is -0.455 e. The molecule has 0 amide bonds. The zero-order valence-electron chi connectivity index (χ0n) is 15.7. The number of aryl methyl sites for hydroxylation is 1. The molecule has 1 saturated heterocycles. The van der Waals surface area contributed by atoms with Crippen LogP contribution in [0, 0.1) is 13.8 Å². The van der Waals surface area contributed by atoms with Crippen LogP contribution < -0.4 is 0 Å². The zero-order valence-corrected chi connectivity index (χ0v) is 15.7. The third kappa shape index (κ3) is 5.16. The van der Waals surface area contributed by atoms with Gasteiger partial charge in [-0.25, -0.2) is 4.79 Å². The molecule has 0 N–H and O–H groups in total. The molecule has 1 aromatic rings. The Labute approximate surface area is 149 Å². The molecule has 0 radical (unpaired) electrons. The molecule has 2 atom stereocenters. The Balaban J connectivity index is 1.82. The zero-order chi connectivity index (χ0) is 18.4. The van der Waals surface area contributed by atoms with Gasteiger partial charge in [0.25, 0.3) is 0 Å². The predicted molar refractivity (Wildman–Crippen MR) is 93.9 cm³/mol. The van der Waals surface area contributed by atoms with E-state index in [-0.39, 0.29) is 18.5 Å². The first-order chi connectivity index (χ1) is 11.9. The Bertz CT molecular complexity index is 601. The van der Waals surface area contributed by atoms with E-state index in [2.05, 4.69) is 11.5 Å². The summed E-state index contributed by atoms with van der Waals surface area (Å²) in [6.07, 6.45) is 2.33. The lowest BCUT2D eigenvalue weighted by Gasteiger charge is -2.15. The largest absolute Gasteiger partial charge is 0.455 e. The number of nitrogens with zero attached hydrogens (tertiary/aromatic N) is 1. The summed E-state index contributed by atoms with van der Waals surface area (Å²) in [6, 6.07) is 1.86. The third-order valence-corrected chi connectivity index (χ3v) is 4.55. The van der Waals surface area contributed by atoms with E-state index in [1.165, 1.54) is 0 Å². The second-order valence-corrected chi connectivity index (χ2v) is 6.58. The van der Waals surface area contributed by atoms with E-state index in [1.54, 1.807) is 6.92 Å². The standard InChI is InChI=1S/C19H29NO5/c1-5-8-20-13(2)10-17(14(20)3)18(21)12-25-19(22)15(4)24-11-16-7-6-9-23-16/h10,15-16H,5-9,11-12H2,1-4H3.